The summed E-state index contributed by atoms with van der Waals surface area (Å²) in [6.07, 6.45) is 9.77. The highest BCUT2D eigenvalue weighted by Gasteiger charge is 2.40. The van der Waals surface area contributed by atoms with Gasteiger partial charge in [0.1, 0.15) is 11.5 Å². The van der Waals surface area contributed by atoms with Gasteiger partial charge in [0.05, 0.1) is 39.3 Å². The van der Waals surface area contributed by atoms with Gasteiger partial charge in [-0.05, 0) is 142 Å². The Kier molecular flexibility index (Phi) is 13.1. The molecule has 2 saturated carbocycles. The predicted octanol–water partition coefficient (Wildman–Crippen LogP) is 11.4. The molecule has 4 aromatic carbocycles. The molecule has 0 radical (unpaired) electrons. The van der Waals surface area contributed by atoms with Crippen LogP contribution < -0.4 is 18.9 Å². The van der Waals surface area contributed by atoms with Crippen molar-refractivity contribution in [2.75, 3.05) is 27.4 Å². The van der Waals surface area contributed by atoms with E-state index in [9.17, 15) is 19.8 Å². The maximum Gasteiger partial charge on any atom is 0.306 e. The number of carboxylic acids is 2. The Bertz CT molecular complexity index is 2490. The van der Waals surface area contributed by atoms with E-state index < -0.39 is 11.9 Å². The zero-order valence-electron chi connectivity index (χ0n) is 38.1. The minimum absolute atomic E-state index is 0.0739. The molecule has 0 saturated heterocycles. The number of carboxylic acid groups (broad SMARTS) is 2. The number of pyridine rings is 2. The standard InChI is InChI=1S/2C28H29NO4/c2*1-17(28(30)31)27(20-7-8-20)22-9-10-25-23(13-22)14-24(16-33-25)19-5-3-18(4-6-19)21-11-12-29-26(15-21)32-2/h2*3-6,9-13,15,17,20,24,27H,7-8,14,16H2,1-2H3,(H,30,31)/t2*17-,24?,27-/m00/s1. The van der Waals surface area contributed by atoms with Crippen LogP contribution in [0.3, 0.4) is 0 Å². The summed E-state index contributed by atoms with van der Waals surface area (Å²) in [5.74, 6) is 2.51. The topological polar surface area (TPSA) is 137 Å². The largest absolute Gasteiger partial charge is 0.493 e. The summed E-state index contributed by atoms with van der Waals surface area (Å²) < 4.78 is 22.7. The average molecular weight is 887 g/mol. The van der Waals surface area contributed by atoms with Crippen molar-refractivity contribution in [1.29, 1.82) is 0 Å². The lowest BCUT2D eigenvalue weighted by atomic mass is 9.81. The number of rotatable bonds is 14. The Morgan fingerprint density at radius 1 is 0.545 bits per heavy atom. The number of ether oxygens (including phenoxy) is 4. The summed E-state index contributed by atoms with van der Waals surface area (Å²) in [6.45, 7) is 4.97. The monoisotopic (exact) mass is 886 g/mol. The van der Waals surface area contributed by atoms with E-state index in [1.807, 2.05) is 50.2 Å². The number of aromatic nitrogens is 2. The number of hydrogen-bond donors (Lipinski definition) is 2. The summed E-state index contributed by atoms with van der Waals surface area (Å²) in [7, 11) is 3.24. The molecule has 10 heteroatoms. The summed E-state index contributed by atoms with van der Waals surface area (Å²) in [5, 5.41) is 19.2. The van der Waals surface area contributed by atoms with Crippen LogP contribution in [0, 0.1) is 23.7 Å². The molecular formula is C56H58N2O8. The second-order valence-electron chi connectivity index (χ2n) is 18.6. The van der Waals surface area contributed by atoms with Crippen molar-refractivity contribution in [1.82, 2.24) is 9.97 Å². The lowest BCUT2D eigenvalue weighted by Gasteiger charge is -2.28. The van der Waals surface area contributed by atoms with Crippen LogP contribution in [0.1, 0.15) is 96.6 Å². The van der Waals surface area contributed by atoms with Gasteiger partial charge in [0.25, 0.3) is 0 Å². The fraction of sp³-hybridized carbons (Fsp3) is 0.357. The molecule has 4 heterocycles. The maximum absolute atomic E-state index is 11.7. The molecule has 2 aliphatic carbocycles. The van der Waals surface area contributed by atoms with Crippen molar-refractivity contribution in [2.45, 2.75) is 76.0 Å². The van der Waals surface area contributed by atoms with Gasteiger partial charge in [-0.2, -0.15) is 0 Å². The molecule has 2 fully saturated rings. The highest BCUT2D eigenvalue weighted by Crippen LogP contribution is 2.49. The van der Waals surface area contributed by atoms with Crippen LogP contribution in [0.25, 0.3) is 22.3 Å². The minimum Gasteiger partial charge on any atom is -0.493 e. The molecule has 0 bridgehead atoms. The van der Waals surface area contributed by atoms with E-state index in [2.05, 4.69) is 82.8 Å². The zero-order valence-corrected chi connectivity index (χ0v) is 38.1. The Morgan fingerprint density at radius 2 is 0.939 bits per heavy atom. The lowest BCUT2D eigenvalue weighted by Crippen LogP contribution is -2.22. The number of hydrogen-bond acceptors (Lipinski definition) is 8. The van der Waals surface area contributed by atoms with Gasteiger partial charge in [0.2, 0.25) is 11.8 Å². The van der Waals surface area contributed by atoms with Gasteiger partial charge in [-0.25, -0.2) is 9.97 Å². The third kappa shape index (κ3) is 9.93. The quantitative estimate of drug-likeness (QED) is 0.109. The molecule has 6 atom stereocenters. The van der Waals surface area contributed by atoms with Crippen molar-refractivity contribution in [3.8, 4) is 45.5 Å². The van der Waals surface area contributed by atoms with Crippen LogP contribution in [0.4, 0.5) is 0 Å². The van der Waals surface area contributed by atoms with E-state index in [1.54, 1.807) is 26.6 Å². The number of benzene rings is 4. The molecule has 2 aliphatic heterocycles. The van der Waals surface area contributed by atoms with Crippen molar-refractivity contribution < 1.29 is 38.7 Å². The van der Waals surface area contributed by atoms with Crippen LogP contribution in [0.15, 0.2) is 122 Å². The number of nitrogens with zero attached hydrogens (tertiary/aromatic N) is 2. The Morgan fingerprint density at radius 3 is 1.29 bits per heavy atom. The SMILES string of the molecule is COc1cc(-c2ccc(C3COc4ccc([C@H](C5CC5)[C@H](C)C(=O)O)cc4C3)cc2)ccn1.COc1cc(-c2ccc(C3COc4ccc([C@H](C5CC5)[C@H](C)C(=O)O)cc4C3)cc2)ccn1. The van der Waals surface area contributed by atoms with Crippen LogP contribution in [-0.4, -0.2) is 59.6 Å². The van der Waals surface area contributed by atoms with E-state index >= 15 is 0 Å². The molecular weight excluding hydrogens is 829 g/mol. The summed E-state index contributed by atoms with van der Waals surface area (Å²) in [6, 6.07) is 37.6. The molecule has 0 amide bonds. The number of carbonyl (C=O) groups is 2. The maximum atomic E-state index is 11.7. The normalized spacial score (nSPS) is 19.2. The first kappa shape index (κ1) is 44.5. The van der Waals surface area contributed by atoms with Gasteiger partial charge < -0.3 is 29.2 Å². The molecule has 2 N–H and O–H groups in total. The van der Waals surface area contributed by atoms with Gasteiger partial charge in [-0.15, -0.1) is 0 Å². The lowest BCUT2D eigenvalue weighted by molar-refractivity contribution is -0.143. The molecule has 10 nitrogen and oxygen atoms in total. The highest BCUT2D eigenvalue weighted by atomic mass is 16.5. The van der Waals surface area contributed by atoms with E-state index in [0.717, 1.165) is 83.4 Å². The van der Waals surface area contributed by atoms with Crippen molar-refractivity contribution in [3.05, 3.63) is 155 Å². The Balaban J connectivity index is 0.000000166. The van der Waals surface area contributed by atoms with Crippen LogP contribution in [0.5, 0.6) is 23.3 Å². The average Bonchev–Trinajstić information content (AvgIpc) is 4.31. The van der Waals surface area contributed by atoms with E-state index in [4.69, 9.17) is 18.9 Å². The smallest absolute Gasteiger partial charge is 0.306 e. The van der Waals surface area contributed by atoms with Gasteiger partial charge >= 0.3 is 11.9 Å². The van der Waals surface area contributed by atoms with E-state index in [0.29, 0.717) is 36.8 Å². The molecule has 66 heavy (non-hydrogen) atoms. The summed E-state index contributed by atoms with van der Waals surface area (Å²) >= 11 is 0. The fourth-order valence-electron chi connectivity index (χ4n) is 10.1. The first-order chi connectivity index (χ1) is 32.1. The highest BCUT2D eigenvalue weighted by molar-refractivity contribution is 5.72. The fourth-order valence-corrected chi connectivity index (χ4v) is 10.1. The third-order valence-electron chi connectivity index (χ3n) is 14.2. The van der Waals surface area contributed by atoms with Crippen molar-refractivity contribution in [2.24, 2.45) is 23.7 Å². The van der Waals surface area contributed by atoms with Gasteiger partial charge in [-0.3, -0.25) is 9.59 Å². The third-order valence-corrected chi connectivity index (χ3v) is 14.2. The van der Waals surface area contributed by atoms with Gasteiger partial charge in [0, 0.05) is 36.4 Å². The van der Waals surface area contributed by atoms with Crippen molar-refractivity contribution >= 4 is 11.9 Å². The Hall–Kier alpha value is -6.68. The number of methoxy groups -OCH3 is 2. The van der Waals surface area contributed by atoms with Crippen LogP contribution >= 0.6 is 0 Å². The first-order valence-corrected chi connectivity index (χ1v) is 23.2. The van der Waals surface area contributed by atoms with Crippen molar-refractivity contribution in [3.63, 3.8) is 0 Å². The Labute approximate surface area is 387 Å². The van der Waals surface area contributed by atoms with Gasteiger partial charge in [0.15, 0.2) is 0 Å². The molecule has 2 aromatic heterocycles. The first-order valence-electron chi connectivity index (χ1n) is 23.2. The van der Waals surface area contributed by atoms with E-state index in [1.165, 1.54) is 22.3 Å². The number of fused-ring (bicyclic) bond motifs is 2. The van der Waals surface area contributed by atoms with Crippen LogP contribution in [-0.2, 0) is 22.4 Å². The minimum atomic E-state index is -0.717. The summed E-state index contributed by atoms with van der Waals surface area (Å²) in [5.41, 5.74) is 11.5. The molecule has 10 rings (SSSR count). The zero-order chi connectivity index (χ0) is 45.9. The molecule has 340 valence electrons. The molecule has 4 aliphatic rings. The molecule has 6 aromatic rings. The second kappa shape index (κ2) is 19.4. The molecule has 0 spiro atoms. The second-order valence-corrected chi connectivity index (χ2v) is 18.6. The van der Waals surface area contributed by atoms with E-state index in [-0.39, 0.29) is 35.5 Å². The van der Waals surface area contributed by atoms with Crippen LogP contribution in [0.2, 0.25) is 0 Å². The summed E-state index contributed by atoms with van der Waals surface area (Å²) in [4.78, 5) is 31.8. The molecule has 2 unspecified atom stereocenters. The predicted molar refractivity (Wildman–Crippen MR) is 254 cm³/mol. The van der Waals surface area contributed by atoms with Gasteiger partial charge in [-0.1, -0.05) is 86.6 Å². The number of aliphatic carboxylic acids is 2.